The van der Waals surface area contributed by atoms with Gasteiger partial charge in [0.1, 0.15) is 0 Å². The van der Waals surface area contributed by atoms with Crippen molar-refractivity contribution in [2.45, 2.75) is 44.9 Å². The molecule has 2 aromatic heterocycles. The Bertz CT molecular complexity index is 840. The van der Waals surface area contributed by atoms with E-state index in [1.54, 1.807) is 12.3 Å². The van der Waals surface area contributed by atoms with Crippen molar-refractivity contribution in [1.82, 2.24) is 14.7 Å². The van der Waals surface area contributed by atoms with Crippen molar-refractivity contribution in [2.24, 2.45) is 23.2 Å². The van der Waals surface area contributed by atoms with E-state index < -0.39 is 0 Å². The quantitative estimate of drug-likeness (QED) is 0.832. The number of imidazole rings is 1. The minimum Gasteiger partial charge on any atom is -0.355 e. The molecule has 26 heavy (non-hydrogen) atoms. The zero-order valence-electron chi connectivity index (χ0n) is 14.7. The van der Waals surface area contributed by atoms with E-state index in [0.717, 1.165) is 42.7 Å². The van der Waals surface area contributed by atoms with Crippen LogP contribution in [0, 0.1) is 23.2 Å². The van der Waals surface area contributed by atoms with E-state index in [9.17, 15) is 4.79 Å². The normalized spacial score (nSPS) is 32.3. The van der Waals surface area contributed by atoms with Crippen LogP contribution in [0.2, 0.25) is 10.0 Å². The molecular formula is C20H23Cl2N3O. The van der Waals surface area contributed by atoms with Crippen LogP contribution in [0.15, 0.2) is 18.5 Å². The fraction of sp³-hybridized carbons (Fsp3) is 0.600. The fourth-order valence-corrected chi connectivity index (χ4v) is 6.60. The Morgan fingerprint density at radius 3 is 2.46 bits per heavy atom. The van der Waals surface area contributed by atoms with Gasteiger partial charge in [-0.05, 0) is 62.3 Å². The number of pyridine rings is 1. The third kappa shape index (κ3) is 2.82. The van der Waals surface area contributed by atoms with Crippen LogP contribution in [-0.2, 0) is 11.2 Å². The van der Waals surface area contributed by atoms with E-state index in [-0.39, 0.29) is 11.3 Å². The van der Waals surface area contributed by atoms with Crippen LogP contribution >= 0.6 is 23.2 Å². The van der Waals surface area contributed by atoms with E-state index in [4.69, 9.17) is 23.2 Å². The zero-order valence-corrected chi connectivity index (χ0v) is 16.2. The largest absolute Gasteiger partial charge is 0.355 e. The average molecular weight is 392 g/mol. The second-order valence-electron chi connectivity index (χ2n) is 8.67. The van der Waals surface area contributed by atoms with E-state index in [1.807, 2.05) is 10.6 Å². The monoisotopic (exact) mass is 391 g/mol. The molecular weight excluding hydrogens is 369 g/mol. The number of aromatic nitrogens is 2. The summed E-state index contributed by atoms with van der Waals surface area (Å²) in [5.74, 6) is 2.65. The van der Waals surface area contributed by atoms with Gasteiger partial charge in [-0.2, -0.15) is 0 Å². The summed E-state index contributed by atoms with van der Waals surface area (Å²) < 4.78 is 1.85. The molecule has 1 amide bonds. The second-order valence-corrected chi connectivity index (χ2v) is 9.52. The Hall–Kier alpha value is -1.26. The number of halogens is 2. The molecule has 2 heterocycles. The summed E-state index contributed by atoms with van der Waals surface area (Å²) in [6.07, 6.45) is 11.8. The first kappa shape index (κ1) is 16.9. The summed E-state index contributed by atoms with van der Waals surface area (Å²) in [6.45, 7) is 0.621. The topological polar surface area (TPSA) is 46.4 Å². The molecule has 4 bridgehead atoms. The number of hydrogen-bond donors (Lipinski definition) is 1. The molecule has 0 radical (unpaired) electrons. The molecule has 0 atom stereocenters. The molecule has 2 aromatic rings. The van der Waals surface area contributed by atoms with Crippen molar-refractivity contribution < 1.29 is 4.79 Å². The zero-order chi connectivity index (χ0) is 17.9. The summed E-state index contributed by atoms with van der Waals surface area (Å²) in [5.41, 5.74) is 1.54. The molecule has 0 spiro atoms. The predicted octanol–water partition coefficient (Wildman–Crippen LogP) is 4.52. The number of hydrogen-bond acceptors (Lipinski definition) is 2. The molecule has 4 saturated carbocycles. The number of nitrogens with one attached hydrogen (secondary N) is 1. The smallest absolute Gasteiger partial charge is 0.226 e. The van der Waals surface area contributed by atoms with Gasteiger partial charge >= 0.3 is 0 Å². The summed E-state index contributed by atoms with van der Waals surface area (Å²) >= 11 is 12.2. The third-order valence-corrected chi connectivity index (χ3v) is 7.19. The summed E-state index contributed by atoms with van der Waals surface area (Å²) in [5, 5.41) is 4.34. The summed E-state index contributed by atoms with van der Waals surface area (Å²) in [7, 11) is 0. The lowest BCUT2D eigenvalue weighted by Crippen LogP contribution is -2.53. The fourth-order valence-electron chi connectivity index (χ4n) is 6.08. The van der Waals surface area contributed by atoms with Crippen molar-refractivity contribution in [3.63, 3.8) is 0 Å². The lowest BCUT2D eigenvalue weighted by molar-refractivity contribution is -0.146. The van der Waals surface area contributed by atoms with Crippen LogP contribution in [-0.4, -0.2) is 21.8 Å². The van der Waals surface area contributed by atoms with Crippen molar-refractivity contribution in [3.8, 4) is 0 Å². The van der Waals surface area contributed by atoms with Crippen LogP contribution < -0.4 is 5.32 Å². The highest BCUT2D eigenvalue weighted by atomic mass is 35.5. The van der Waals surface area contributed by atoms with Crippen molar-refractivity contribution >= 4 is 34.8 Å². The summed E-state index contributed by atoms with van der Waals surface area (Å²) in [6, 6.07) is 1.70. The highest BCUT2D eigenvalue weighted by molar-refractivity contribution is 6.36. The standard InChI is InChI=1S/C20H23Cl2N3O/c21-15-6-17(22)18-24-16(11-25(18)10-15)1-2-23-19(26)20-7-12-3-13(8-20)5-14(4-12)9-20/h6,10-14H,1-5,7-9H2,(H,23,26). The van der Waals surface area contributed by atoms with E-state index in [1.165, 1.54) is 19.3 Å². The molecule has 4 aliphatic rings. The first-order chi connectivity index (χ1) is 12.5. The lowest BCUT2D eigenvalue weighted by Gasteiger charge is -2.55. The molecule has 0 aliphatic heterocycles. The predicted molar refractivity (Wildman–Crippen MR) is 103 cm³/mol. The molecule has 0 unspecified atom stereocenters. The van der Waals surface area contributed by atoms with Gasteiger partial charge in [0.25, 0.3) is 0 Å². The van der Waals surface area contributed by atoms with E-state index >= 15 is 0 Å². The van der Waals surface area contributed by atoms with Gasteiger partial charge < -0.3 is 9.72 Å². The average Bonchev–Trinajstić information content (AvgIpc) is 2.96. The van der Waals surface area contributed by atoms with Gasteiger partial charge in [-0.15, -0.1) is 0 Å². The van der Waals surface area contributed by atoms with Gasteiger partial charge in [0.15, 0.2) is 5.65 Å². The second kappa shape index (κ2) is 6.13. The molecule has 6 heteroatoms. The van der Waals surface area contributed by atoms with Gasteiger partial charge in [-0.25, -0.2) is 4.98 Å². The number of carbonyl (C=O) groups is 1. The van der Waals surface area contributed by atoms with Crippen LogP contribution in [0.1, 0.15) is 44.2 Å². The van der Waals surface area contributed by atoms with E-state index in [2.05, 4.69) is 10.3 Å². The maximum Gasteiger partial charge on any atom is 0.226 e. The third-order valence-electron chi connectivity index (χ3n) is 6.71. The molecule has 4 nitrogen and oxygen atoms in total. The van der Waals surface area contributed by atoms with Gasteiger partial charge in [-0.1, -0.05) is 23.2 Å². The minimum atomic E-state index is -0.0789. The Morgan fingerprint density at radius 1 is 1.15 bits per heavy atom. The van der Waals surface area contributed by atoms with E-state index in [0.29, 0.717) is 28.7 Å². The Labute approximate surface area is 163 Å². The van der Waals surface area contributed by atoms with Crippen LogP contribution in [0.4, 0.5) is 0 Å². The Morgan fingerprint density at radius 2 is 1.81 bits per heavy atom. The van der Waals surface area contributed by atoms with Crippen molar-refractivity contribution in [2.75, 3.05) is 6.54 Å². The van der Waals surface area contributed by atoms with Gasteiger partial charge in [0.2, 0.25) is 5.91 Å². The van der Waals surface area contributed by atoms with Gasteiger partial charge in [0, 0.05) is 30.8 Å². The van der Waals surface area contributed by atoms with Crippen LogP contribution in [0.5, 0.6) is 0 Å². The Balaban J connectivity index is 1.24. The molecule has 4 fully saturated rings. The highest BCUT2D eigenvalue weighted by Gasteiger charge is 2.54. The maximum absolute atomic E-state index is 13.0. The summed E-state index contributed by atoms with van der Waals surface area (Å²) in [4.78, 5) is 17.5. The minimum absolute atomic E-state index is 0.0789. The van der Waals surface area contributed by atoms with Crippen molar-refractivity contribution in [3.05, 3.63) is 34.2 Å². The molecule has 0 aromatic carbocycles. The number of amides is 1. The number of nitrogens with zero attached hydrogens (tertiary/aromatic N) is 2. The SMILES string of the molecule is O=C(NCCc1cn2cc(Cl)cc(Cl)c2n1)C12CC3CC(CC(C3)C1)C2. The van der Waals surface area contributed by atoms with Crippen LogP contribution in [0.3, 0.4) is 0 Å². The first-order valence-corrected chi connectivity index (χ1v) is 10.4. The molecule has 6 rings (SSSR count). The number of fused-ring (bicyclic) bond motifs is 1. The molecule has 0 saturated heterocycles. The Kier molecular flexibility index (Phi) is 3.98. The lowest BCUT2D eigenvalue weighted by atomic mass is 9.49. The molecule has 1 N–H and O–H groups in total. The number of carbonyl (C=O) groups excluding carboxylic acids is 1. The van der Waals surface area contributed by atoms with Crippen molar-refractivity contribution in [1.29, 1.82) is 0 Å². The molecule has 4 aliphatic carbocycles. The maximum atomic E-state index is 13.0. The number of rotatable bonds is 4. The van der Waals surface area contributed by atoms with Gasteiger partial charge in [-0.3, -0.25) is 4.79 Å². The van der Waals surface area contributed by atoms with Gasteiger partial charge in [0.05, 0.1) is 15.7 Å². The molecule has 138 valence electrons. The highest BCUT2D eigenvalue weighted by Crippen LogP contribution is 2.60. The van der Waals surface area contributed by atoms with Crippen LogP contribution in [0.25, 0.3) is 5.65 Å². The first-order valence-electron chi connectivity index (χ1n) is 9.62.